The summed E-state index contributed by atoms with van der Waals surface area (Å²) in [5, 5.41) is 24.2. The summed E-state index contributed by atoms with van der Waals surface area (Å²) in [7, 11) is 1.44. The van der Waals surface area contributed by atoms with Crippen LogP contribution in [0.1, 0.15) is 32.8 Å². The lowest BCUT2D eigenvalue weighted by atomic mass is 10.1. The van der Waals surface area contributed by atoms with E-state index in [1.165, 1.54) is 7.11 Å². The van der Waals surface area contributed by atoms with E-state index < -0.39 is 5.54 Å². The number of methoxy groups -OCH3 is 1. The van der Waals surface area contributed by atoms with Gasteiger partial charge in [-0.3, -0.25) is 0 Å². The number of ether oxygens (including phenoxy) is 1. The monoisotopic (exact) mass is 274 g/mol. The Morgan fingerprint density at radius 3 is 2.50 bits per heavy atom. The molecule has 0 radical (unpaired) electrons. The second kappa shape index (κ2) is 6.58. The van der Waals surface area contributed by atoms with Crippen LogP contribution in [0, 0.1) is 22.7 Å². The van der Waals surface area contributed by atoms with E-state index in [-0.39, 0.29) is 17.4 Å². The molecule has 0 saturated heterocycles. The molecule has 7 nitrogen and oxygen atoms in total. The maximum Gasteiger partial charge on any atom is 0.238 e. The van der Waals surface area contributed by atoms with Crippen molar-refractivity contribution in [2.24, 2.45) is 0 Å². The molecule has 0 amide bonds. The molecule has 1 heterocycles. The van der Waals surface area contributed by atoms with Gasteiger partial charge in [-0.15, -0.1) is 0 Å². The highest BCUT2D eigenvalue weighted by Crippen LogP contribution is 2.25. The fraction of sp³-hybridized carbons (Fsp3) is 0.538. The molecule has 106 valence electrons. The van der Waals surface area contributed by atoms with E-state index in [2.05, 4.69) is 26.7 Å². The second-order valence-electron chi connectivity index (χ2n) is 4.68. The zero-order valence-corrected chi connectivity index (χ0v) is 12.1. The van der Waals surface area contributed by atoms with Gasteiger partial charge in [0.15, 0.2) is 11.4 Å². The van der Waals surface area contributed by atoms with Crippen molar-refractivity contribution in [3.8, 4) is 18.0 Å². The fourth-order valence-corrected chi connectivity index (χ4v) is 1.42. The van der Waals surface area contributed by atoms with Gasteiger partial charge in [-0.2, -0.15) is 20.5 Å². The largest absolute Gasteiger partial charge is 0.480 e. The van der Waals surface area contributed by atoms with Crippen LogP contribution in [0.4, 0.5) is 11.8 Å². The first kappa shape index (κ1) is 15.5. The van der Waals surface area contributed by atoms with E-state index in [4.69, 9.17) is 10.00 Å². The molecule has 1 aromatic heterocycles. The summed E-state index contributed by atoms with van der Waals surface area (Å²) in [5.74, 6) is 0.820. The topological polar surface area (TPSA) is 107 Å². The molecular weight excluding hydrogens is 256 g/mol. The highest BCUT2D eigenvalue weighted by Gasteiger charge is 2.21. The van der Waals surface area contributed by atoms with Gasteiger partial charge in [-0.25, -0.2) is 0 Å². The van der Waals surface area contributed by atoms with Gasteiger partial charge in [-0.05, 0) is 20.3 Å². The zero-order valence-electron chi connectivity index (χ0n) is 12.1. The van der Waals surface area contributed by atoms with Gasteiger partial charge in [0.1, 0.15) is 11.6 Å². The normalized spacial score (nSPS) is 10.3. The lowest BCUT2D eigenvalue weighted by Crippen LogP contribution is -2.30. The van der Waals surface area contributed by atoms with Crippen LogP contribution >= 0.6 is 0 Å². The van der Waals surface area contributed by atoms with E-state index >= 15 is 0 Å². The number of nitriles is 2. The third-order valence-corrected chi connectivity index (χ3v) is 2.43. The molecule has 0 spiro atoms. The Morgan fingerprint density at radius 1 is 1.30 bits per heavy atom. The van der Waals surface area contributed by atoms with E-state index in [0.29, 0.717) is 12.4 Å². The number of anilines is 2. The van der Waals surface area contributed by atoms with Crippen molar-refractivity contribution < 1.29 is 4.74 Å². The molecule has 0 aliphatic rings. The predicted molar refractivity (Wildman–Crippen MR) is 75.4 cm³/mol. The van der Waals surface area contributed by atoms with Crippen LogP contribution in [-0.4, -0.2) is 29.2 Å². The van der Waals surface area contributed by atoms with Crippen LogP contribution in [0.3, 0.4) is 0 Å². The average molecular weight is 274 g/mol. The average Bonchev–Trinajstić information content (AvgIpc) is 2.43. The van der Waals surface area contributed by atoms with Gasteiger partial charge in [-0.1, -0.05) is 6.92 Å². The van der Waals surface area contributed by atoms with Gasteiger partial charge in [0.2, 0.25) is 11.8 Å². The summed E-state index contributed by atoms with van der Waals surface area (Å²) in [6, 6.07) is 4.12. The molecule has 20 heavy (non-hydrogen) atoms. The molecule has 0 fully saturated rings. The Hall–Kier alpha value is -2.54. The van der Waals surface area contributed by atoms with Gasteiger partial charge >= 0.3 is 0 Å². The van der Waals surface area contributed by atoms with Crippen molar-refractivity contribution >= 4 is 11.8 Å². The van der Waals surface area contributed by atoms with Gasteiger partial charge in [0.25, 0.3) is 0 Å². The highest BCUT2D eigenvalue weighted by molar-refractivity contribution is 5.60. The summed E-state index contributed by atoms with van der Waals surface area (Å²) in [4.78, 5) is 8.34. The van der Waals surface area contributed by atoms with Crippen LogP contribution in [0.15, 0.2) is 0 Å². The van der Waals surface area contributed by atoms with Crippen molar-refractivity contribution in [2.75, 3.05) is 24.3 Å². The predicted octanol–water partition coefficient (Wildman–Crippen LogP) is 1.89. The van der Waals surface area contributed by atoms with Crippen molar-refractivity contribution in [3.63, 3.8) is 0 Å². The Bertz CT molecular complexity index is 555. The molecule has 2 N–H and O–H groups in total. The fourth-order valence-electron chi connectivity index (χ4n) is 1.42. The lowest BCUT2D eigenvalue weighted by Gasteiger charge is -2.19. The number of rotatable bonds is 6. The Morgan fingerprint density at radius 2 is 2.00 bits per heavy atom. The van der Waals surface area contributed by atoms with E-state index in [1.807, 2.05) is 13.0 Å². The molecule has 0 aliphatic carbocycles. The van der Waals surface area contributed by atoms with Crippen LogP contribution in [0.2, 0.25) is 0 Å². The van der Waals surface area contributed by atoms with Crippen molar-refractivity contribution in [1.29, 1.82) is 10.5 Å². The van der Waals surface area contributed by atoms with Gasteiger partial charge < -0.3 is 15.4 Å². The molecule has 0 unspecified atom stereocenters. The Kier molecular flexibility index (Phi) is 5.10. The van der Waals surface area contributed by atoms with Crippen molar-refractivity contribution in [2.45, 2.75) is 32.7 Å². The Labute approximate surface area is 118 Å². The smallest absolute Gasteiger partial charge is 0.238 e. The SMILES string of the molecule is CCCNc1nc(NC(C)(C)C#N)nc(OC)c1C#N. The lowest BCUT2D eigenvalue weighted by molar-refractivity contribution is 0.396. The maximum absolute atomic E-state index is 9.18. The van der Waals surface area contributed by atoms with E-state index in [1.54, 1.807) is 13.8 Å². The molecule has 0 bridgehead atoms. The first-order valence-corrected chi connectivity index (χ1v) is 6.26. The number of hydrogen-bond acceptors (Lipinski definition) is 7. The highest BCUT2D eigenvalue weighted by atomic mass is 16.5. The molecule has 0 aromatic carbocycles. The quantitative estimate of drug-likeness (QED) is 0.815. The van der Waals surface area contributed by atoms with Crippen molar-refractivity contribution in [3.05, 3.63) is 5.56 Å². The molecule has 1 aromatic rings. The van der Waals surface area contributed by atoms with Gasteiger partial charge in [0.05, 0.1) is 13.2 Å². The first-order chi connectivity index (χ1) is 9.47. The summed E-state index contributed by atoms with van der Waals surface area (Å²) >= 11 is 0. The minimum absolute atomic E-state index is 0.178. The molecule has 0 aliphatic heterocycles. The van der Waals surface area contributed by atoms with Crippen LogP contribution in [0.25, 0.3) is 0 Å². The summed E-state index contributed by atoms with van der Waals surface area (Å²) < 4.78 is 5.11. The van der Waals surface area contributed by atoms with Crippen LogP contribution in [-0.2, 0) is 0 Å². The maximum atomic E-state index is 9.18. The second-order valence-corrected chi connectivity index (χ2v) is 4.68. The summed E-state index contributed by atoms with van der Waals surface area (Å²) in [5.41, 5.74) is -0.567. The minimum Gasteiger partial charge on any atom is -0.480 e. The number of nitrogens with zero attached hydrogens (tertiary/aromatic N) is 4. The first-order valence-electron chi connectivity index (χ1n) is 6.26. The third kappa shape index (κ3) is 3.72. The van der Waals surface area contributed by atoms with E-state index in [9.17, 15) is 5.26 Å². The van der Waals surface area contributed by atoms with E-state index in [0.717, 1.165) is 6.42 Å². The molecular formula is C13H18N6O. The third-order valence-electron chi connectivity index (χ3n) is 2.43. The molecule has 1 rings (SSSR count). The molecule has 0 saturated carbocycles. The van der Waals surface area contributed by atoms with Gasteiger partial charge in [0, 0.05) is 6.54 Å². The minimum atomic E-state index is -0.818. The summed E-state index contributed by atoms with van der Waals surface area (Å²) in [6.45, 7) is 6.10. The number of nitrogens with one attached hydrogen (secondary N) is 2. The summed E-state index contributed by atoms with van der Waals surface area (Å²) in [6.07, 6.45) is 0.892. The van der Waals surface area contributed by atoms with Crippen molar-refractivity contribution in [1.82, 2.24) is 9.97 Å². The molecule has 0 atom stereocenters. The number of hydrogen-bond donors (Lipinski definition) is 2. The van der Waals surface area contributed by atoms with Crippen LogP contribution < -0.4 is 15.4 Å². The molecule has 7 heteroatoms. The Balaban J connectivity index is 3.22. The standard InChI is InChI=1S/C13H18N6O/c1-5-6-16-10-9(7-14)11(20-4)18-12(17-10)19-13(2,3)8-15/h5-6H2,1-4H3,(H2,16,17,18,19). The zero-order chi connectivity index (χ0) is 15.2. The number of aromatic nitrogens is 2. The van der Waals surface area contributed by atoms with Crippen LogP contribution in [0.5, 0.6) is 5.88 Å².